The Morgan fingerprint density at radius 2 is 2.05 bits per heavy atom. The standard InChI is InChI=1S/C16H22N2O3/c1-11(10-15(19)20)12-5-7-13(8-6-12)18-16(21)14-4-2-3-9-17-14/h5-8,11,14,17H,2-4,9-10H2,1H3,(H,18,21)(H,19,20)/t11?,14-/m0/s1. The molecule has 1 unspecified atom stereocenters. The van der Waals surface area contributed by atoms with Crippen molar-refractivity contribution in [2.75, 3.05) is 11.9 Å². The molecule has 114 valence electrons. The van der Waals surface area contributed by atoms with E-state index in [1.54, 1.807) is 0 Å². The summed E-state index contributed by atoms with van der Waals surface area (Å²) in [7, 11) is 0. The summed E-state index contributed by atoms with van der Waals surface area (Å²) in [4.78, 5) is 22.8. The summed E-state index contributed by atoms with van der Waals surface area (Å²) in [5.74, 6) is -0.837. The lowest BCUT2D eigenvalue weighted by Crippen LogP contribution is -2.43. The SMILES string of the molecule is CC(CC(=O)O)c1ccc(NC(=O)[C@@H]2CCCCN2)cc1. The second-order valence-corrected chi connectivity index (χ2v) is 5.61. The highest BCUT2D eigenvalue weighted by Crippen LogP contribution is 2.21. The molecule has 5 nitrogen and oxygen atoms in total. The van der Waals surface area contributed by atoms with Crippen LogP contribution in [0.3, 0.4) is 0 Å². The molecular weight excluding hydrogens is 268 g/mol. The van der Waals surface area contributed by atoms with E-state index in [-0.39, 0.29) is 24.3 Å². The van der Waals surface area contributed by atoms with Crippen molar-refractivity contribution >= 4 is 17.6 Å². The monoisotopic (exact) mass is 290 g/mol. The zero-order valence-corrected chi connectivity index (χ0v) is 12.3. The quantitative estimate of drug-likeness (QED) is 0.778. The molecule has 3 N–H and O–H groups in total. The van der Waals surface area contributed by atoms with E-state index in [9.17, 15) is 9.59 Å². The van der Waals surface area contributed by atoms with Gasteiger partial charge in [-0.15, -0.1) is 0 Å². The molecule has 1 saturated heterocycles. The molecule has 0 saturated carbocycles. The van der Waals surface area contributed by atoms with Crippen LogP contribution in [0.15, 0.2) is 24.3 Å². The largest absolute Gasteiger partial charge is 0.481 e. The smallest absolute Gasteiger partial charge is 0.303 e. The third kappa shape index (κ3) is 4.56. The number of rotatable bonds is 5. The fourth-order valence-electron chi connectivity index (χ4n) is 2.58. The van der Waals surface area contributed by atoms with Gasteiger partial charge in [-0.1, -0.05) is 25.5 Å². The Hall–Kier alpha value is -1.88. The molecule has 1 aromatic rings. The molecule has 5 heteroatoms. The zero-order valence-electron chi connectivity index (χ0n) is 12.3. The second-order valence-electron chi connectivity index (χ2n) is 5.61. The number of piperidine rings is 1. The van der Waals surface area contributed by atoms with Crippen molar-refractivity contribution < 1.29 is 14.7 Å². The fraction of sp³-hybridized carbons (Fsp3) is 0.500. The molecule has 2 rings (SSSR count). The maximum absolute atomic E-state index is 12.1. The van der Waals surface area contributed by atoms with Crippen LogP contribution in [0.25, 0.3) is 0 Å². The van der Waals surface area contributed by atoms with Crippen LogP contribution < -0.4 is 10.6 Å². The molecule has 1 aliphatic rings. The lowest BCUT2D eigenvalue weighted by Gasteiger charge is -2.22. The van der Waals surface area contributed by atoms with Crippen molar-refractivity contribution in [3.8, 4) is 0 Å². The number of hydrogen-bond acceptors (Lipinski definition) is 3. The Balaban J connectivity index is 1.92. The highest BCUT2D eigenvalue weighted by Gasteiger charge is 2.20. The minimum absolute atomic E-state index is 0.000958. The normalized spacial score (nSPS) is 19.8. The topological polar surface area (TPSA) is 78.4 Å². The van der Waals surface area contributed by atoms with Crippen LogP contribution in [0.1, 0.15) is 44.1 Å². The van der Waals surface area contributed by atoms with Gasteiger partial charge in [0.25, 0.3) is 0 Å². The first-order valence-electron chi connectivity index (χ1n) is 7.42. The van der Waals surface area contributed by atoms with Crippen LogP contribution in [0.5, 0.6) is 0 Å². The number of carboxylic acids is 1. The van der Waals surface area contributed by atoms with Gasteiger partial charge in [-0.25, -0.2) is 0 Å². The predicted molar refractivity (Wildman–Crippen MR) is 81.4 cm³/mol. The van der Waals surface area contributed by atoms with Crippen molar-refractivity contribution in [2.24, 2.45) is 0 Å². The van der Waals surface area contributed by atoms with E-state index < -0.39 is 5.97 Å². The Kier molecular flexibility index (Phi) is 5.33. The number of nitrogens with one attached hydrogen (secondary N) is 2. The van der Waals surface area contributed by atoms with Gasteiger partial charge in [0.05, 0.1) is 12.5 Å². The van der Waals surface area contributed by atoms with Crippen LogP contribution in [0.4, 0.5) is 5.69 Å². The van der Waals surface area contributed by atoms with Crippen LogP contribution in [-0.2, 0) is 9.59 Å². The lowest BCUT2D eigenvalue weighted by molar-refractivity contribution is -0.137. The van der Waals surface area contributed by atoms with Gasteiger partial charge in [0.15, 0.2) is 0 Å². The van der Waals surface area contributed by atoms with Gasteiger partial charge in [0.1, 0.15) is 0 Å². The molecular formula is C16H22N2O3. The van der Waals surface area contributed by atoms with Crippen molar-refractivity contribution in [2.45, 2.75) is 44.6 Å². The Bertz CT molecular complexity index is 493. The first-order chi connectivity index (χ1) is 10.1. The highest BCUT2D eigenvalue weighted by atomic mass is 16.4. The molecule has 1 aliphatic heterocycles. The molecule has 0 aliphatic carbocycles. The van der Waals surface area contributed by atoms with E-state index in [0.29, 0.717) is 0 Å². The average Bonchev–Trinajstić information content (AvgIpc) is 2.48. The van der Waals surface area contributed by atoms with Crippen LogP contribution in [0, 0.1) is 0 Å². The predicted octanol–water partition coefficient (Wildman–Crippen LogP) is 2.35. The molecule has 21 heavy (non-hydrogen) atoms. The molecule has 1 amide bonds. The summed E-state index contributed by atoms with van der Waals surface area (Å²) < 4.78 is 0. The van der Waals surface area contributed by atoms with Gasteiger partial charge >= 0.3 is 5.97 Å². The zero-order chi connectivity index (χ0) is 15.2. The van der Waals surface area contributed by atoms with E-state index >= 15 is 0 Å². The number of carbonyl (C=O) groups is 2. The second kappa shape index (κ2) is 7.22. The van der Waals surface area contributed by atoms with Crippen LogP contribution in [0.2, 0.25) is 0 Å². The summed E-state index contributed by atoms with van der Waals surface area (Å²) in [6.45, 7) is 2.78. The molecule has 0 aromatic heterocycles. The number of amides is 1. The number of anilines is 1. The van der Waals surface area contributed by atoms with Gasteiger partial charge in [-0.05, 0) is 43.0 Å². The first-order valence-corrected chi connectivity index (χ1v) is 7.42. The maximum atomic E-state index is 12.1. The minimum Gasteiger partial charge on any atom is -0.481 e. The molecule has 1 heterocycles. The van der Waals surface area contributed by atoms with Crippen molar-refractivity contribution in [1.82, 2.24) is 5.32 Å². The number of carbonyl (C=O) groups excluding carboxylic acids is 1. The summed E-state index contributed by atoms with van der Waals surface area (Å²) >= 11 is 0. The summed E-state index contributed by atoms with van der Waals surface area (Å²) in [5, 5.41) is 14.9. The molecule has 1 fully saturated rings. The molecule has 1 aromatic carbocycles. The fourth-order valence-corrected chi connectivity index (χ4v) is 2.58. The Labute approximate surface area is 124 Å². The molecule has 2 atom stereocenters. The van der Waals surface area contributed by atoms with E-state index in [4.69, 9.17) is 5.11 Å². The minimum atomic E-state index is -0.803. The Morgan fingerprint density at radius 3 is 2.62 bits per heavy atom. The summed E-state index contributed by atoms with van der Waals surface area (Å²) in [6.07, 6.45) is 3.19. The number of benzene rings is 1. The molecule has 0 bridgehead atoms. The van der Waals surface area contributed by atoms with Crippen LogP contribution >= 0.6 is 0 Å². The van der Waals surface area contributed by atoms with E-state index in [1.807, 2.05) is 31.2 Å². The van der Waals surface area contributed by atoms with Gasteiger partial charge in [-0.3, -0.25) is 9.59 Å². The van der Waals surface area contributed by atoms with Gasteiger partial charge in [0.2, 0.25) is 5.91 Å². The maximum Gasteiger partial charge on any atom is 0.303 e. The average molecular weight is 290 g/mol. The van der Waals surface area contributed by atoms with Crippen LogP contribution in [-0.4, -0.2) is 29.6 Å². The van der Waals surface area contributed by atoms with Gasteiger partial charge in [-0.2, -0.15) is 0 Å². The lowest BCUT2D eigenvalue weighted by atomic mass is 9.97. The van der Waals surface area contributed by atoms with Gasteiger partial charge in [0, 0.05) is 5.69 Å². The molecule has 0 spiro atoms. The third-order valence-electron chi connectivity index (χ3n) is 3.85. The van der Waals surface area contributed by atoms with Gasteiger partial charge < -0.3 is 15.7 Å². The van der Waals surface area contributed by atoms with Crippen molar-refractivity contribution in [1.29, 1.82) is 0 Å². The Morgan fingerprint density at radius 1 is 1.33 bits per heavy atom. The van der Waals surface area contributed by atoms with E-state index in [1.165, 1.54) is 0 Å². The highest BCUT2D eigenvalue weighted by molar-refractivity contribution is 5.94. The van der Waals surface area contributed by atoms with Crippen molar-refractivity contribution in [3.63, 3.8) is 0 Å². The molecule has 0 radical (unpaired) electrons. The van der Waals surface area contributed by atoms with E-state index in [2.05, 4.69) is 10.6 Å². The first kappa shape index (κ1) is 15.5. The summed E-state index contributed by atoms with van der Waals surface area (Å²) in [6, 6.07) is 7.29. The van der Waals surface area contributed by atoms with E-state index in [0.717, 1.165) is 37.1 Å². The van der Waals surface area contributed by atoms with Crippen molar-refractivity contribution in [3.05, 3.63) is 29.8 Å². The summed E-state index contributed by atoms with van der Waals surface area (Å²) in [5.41, 5.74) is 1.71. The third-order valence-corrected chi connectivity index (χ3v) is 3.85. The number of aliphatic carboxylic acids is 1. The number of carboxylic acid groups (broad SMARTS) is 1. The number of hydrogen-bond donors (Lipinski definition) is 3.